The number of likely N-dealkylation sites (N-methyl/N-ethyl adjacent to an activating group) is 1. The minimum absolute atomic E-state index is 0.117. The zero-order valence-electron chi connectivity index (χ0n) is 11.3. The van der Waals surface area contributed by atoms with Crippen LogP contribution in [-0.4, -0.2) is 25.8 Å². The molecule has 0 saturated heterocycles. The first kappa shape index (κ1) is 12.4. The van der Waals surface area contributed by atoms with Crippen molar-refractivity contribution in [2.45, 2.75) is 64.0 Å². The second kappa shape index (κ2) is 4.30. The zero-order valence-corrected chi connectivity index (χ0v) is 11.3. The molecule has 0 spiro atoms. The maximum absolute atomic E-state index is 5.96. The smallest absolute Gasteiger partial charge is 0.0833 e. The lowest BCUT2D eigenvalue weighted by molar-refractivity contribution is -0.0895. The van der Waals surface area contributed by atoms with Gasteiger partial charge >= 0.3 is 0 Å². The molecule has 0 heterocycles. The molecule has 1 unspecified atom stereocenters. The number of rotatable bonds is 4. The van der Waals surface area contributed by atoms with Crippen molar-refractivity contribution in [3.05, 3.63) is 0 Å². The topological polar surface area (TPSA) is 21.3 Å². The van der Waals surface area contributed by atoms with Crippen molar-refractivity contribution in [3.63, 3.8) is 0 Å². The van der Waals surface area contributed by atoms with E-state index in [9.17, 15) is 0 Å². The van der Waals surface area contributed by atoms with Gasteiger partial charge in [0.2, 0.25) is 0 Å². The van der Waals surface area contributed by atoms with Crippen molar-refractivity contribution in [2.75, 3.05) is 14.2 Å². The Morgan fingerprint density at radius 2 is 1.69 bits per heavy atom. The molecule has 2 aliphatic carbocycles. The molecule has 0 aromatic rings. The number of ether oxygens (including phenoxy) is 1. The number of hydrogen-bond acceptors (Lipinski definition) is 2. The predicted molar refractivity (Wildman–Crippen MR) is 67.6 cm³/mol. The van der Waals surface area contributed by atoms with Crippen LogP contribution in [0.5, 0.6) is 0 Å². The Morgan fingerprint density at radius 3 is 2.06 bits per heavy atom. The quantitative estimate of drug-likeness (QED) is 0.794. The zero-order chi connectivity index (χ0) is 11.8. The summed E-state index contributed by atoms with van der Waals surface area (Å²) < 4.78 is 5.96. The van der Waals surface area contributed by atoms with Gasteiger partial charge in [-0.2, -0.15) is 0 Å². The third-order valence-electron chi connectivity index (χ3n) is 4.83. The summed E-state index contributed by atoms with van der Waals surface area (Å²) in [5.74, 6) is 0.867. The summed E-state index contributed by atoms with van der Waals surface area (Å²) in [6.07, 6.45) is 7.81. The molecule has 94 valence electrons. The van der Waals surface area contributed by atoms with Gasteiger partial charge in [-0.15, -0.1) is 0 Å². The lowest BCUT2D eigenvalue weighted by Crippen LogP contribution is -2.55. The first-order valence-corrected chi connectivity index (χ1v) is 6.75. The van der Waals surface area contributed by atoms with Crippen molar-refractivity contribution >= 4 is 0 Å². The molecule has 0 bridgehead atoms. The molecule has 0 aromatic carbocycles. The van der Waals surface area contributed by atoms with E-state index in [2.05, 4.69) is 26.2 Å². The highest BCUT2D eigenvalue weighted by atomic mass is 16.5. The fraction of sp³-hybridized carbons (Fsp3) is 1.00. The maximum Gasteiger partial charge on any atom is 0.0833 e. The van der Waals surface area contributed by atoms with Crippen LogP contribution in [0.1, 0.15) is 52.4 Å². The SMILES string of the molecule is CNC(C1CC1)C1(OC)CCC(C)(C)CC1. The average molecular weight is 225 g/mol. The second-order valence-electron chi connectivity index (χ2n) is 6.54. The monoisotopic (exact) mass is 225 g/mol. The van der Waals surface area contributed by atoms with Gasteiger partial charge in [-0.3, -0.25) is 0 Å². The van der Waals surface area contributed by atoms with Crippen LogP contribution in [-0.2, 0) is 4.74 Å². The van der Waals surface area contributed by atoms with Crippen LogP contribution in [0.2, 0.25) is 0 Å². The third kappa shape index (κ3) is 2.28. The normalized spacial score (nSPS) is 30.0. The van der Waals surface area contributed by atoms with E-state index < -0.39 is 0 Å². The Morgan fingerprint density at radius 1 is 1.12 bits per heavy atom. The highest BCUT2D eigenvalue weighted by Gasteiger charge is 2.49. The standard InChI is InChI=1S/C14H27NO/c1-13(2)7-9-14(16-4,10-8-13)12(15-3)11-5-6-11/h11-12,15H,5-10H2,1-4H3. The summed E-state index contributed by atoms with van der Waals surface area (Å²) >= 11 is 0. The fourth-order valence-electron chi connectivity index (χ4n) is 3.35. The van der Waals surface area contributed by atoms with Crippen LogP contribution >= 0.6 is 0 Å². The molecular weight excluding hydrogens is 198 g/mol. The van der Waals surface area contributed by atoms with Crippen LogP contribution in [0, 0.1) is 11.3 Å². The van der Waals surface area contributed by atoms with Gasteiger partial charge in [0.05, 0.1) is 5.60 Å². The first-order valence-electron chi connectivity index (χ1n) is 6.75. The molecule has 2 rings (SSSR count). The van der Waals surface area contributed by atoms with E-state index in [0.29, 0.717) is 11.5 Å². The highest BCUT2D eigenvalue weighted by Crippen LogP contribution is 2.48. The molecule has 0 aliphatic heterocycles. The molecule has 2 saturated carbocycles. The van der Waals surface area contributed by atoms with Crippen molar-refractivity contribution in [2.24, 2.45) is 11.3 Å². The molecule has 0 aromatic heterocycles. The molecule has 16 heavy (non-hydrogen) atoms. The van der Waals surface area contributed by atoms with E-state index in [0.717, 1.165) is 5.92 Å². The predicted octanol–water partition coefficient (Wildman–Crippen LogP) is 2.97. The molecule has 0 radical (unpaired) electrons. The van der Waals surface area contributed by atoms with E-state index >= 15 is 0 Å². The number of methoxy groups -OCH3 is 1. The summed E-state index contributed by atoms with van der Waals surface area (Å²) in [4.78, 5) is 0. The fourth-order valence-corrected chi connectivity index (χ4v) is 3.35. The molecule has 0 amide bonds. The molecule has 1 atom stereocenters. The Hall–Kier alpha value is -0.0800. The lowest BCUT2D eigenvalue weighted by atomic mass is 9.67. The molecule has 2 nitrogen and oxygen atoms in total. The van der Waals surface area contributed by atoms with Crippen LogP contribution < -0.4 is 5.32 Å². The first-order chi connectivity index (χ1) is 7.53. The Labute approximate surface area is 100 Å². The van der Waals surface area contributed by atoms with Gasteiger partial charge in [0, 0.05) is 13.2 Å². The Kier molecular flexibility index (Phi) is 3.33. The highest BCUT2D eigenvalue weighted by molar-refractivity contribution is 5.04. The molecular formula is C14H27NO. The van der Waals surface area contributed by atoms with Crippen LogP contribution in [0.25, 0.3) is 0 Å². The molecule has 2 aliphatic rings. The van der Waals surface area contributed by atoms with Crippen molar-refractivity contribution in [1.82, 2.24) is 5.32 Å². The molecule has 1 N–H and O–H groups in total. The minimum atomic E-state index is 0.117. The average Bonchev–Trinajstić information content (AvgIpc) is 3.06. The van der Waals surface area contributed by atoms with Crippen molar-refractivity contribution in [3.8, 4) is 0 Å². The second-order valence-corrected chi connectivity index (χ2v) is 6.54. The van der Waals surface area contributed by atoms with Crippen molar-refractivity contribution < 1.29 is 4.74 Å². The van der Waals surface area contributed by atoms with E-state index in [4.69, 9.17) is 4.74 Å². The van der Waals surface area contributed by atoms with Gasteiger partial charge in [-0.25, -0.2) is 0 Å². The van der Waals surface area contributed by atoms with E-state index in [-0.39, 0.29) is 5.60 Å². The maximum atomic E-state index is 5.96. The summed E-state index contributed by atoms with van der Waals surface area (Å²) in [5.41, 5.74) is 0.634. The lowest BCUT2D eigenvalue weighted by Gasteiger charge is -2.47. The summed E-state index contributed by atoms with van der Waals surface area (Å²) in [5, 5.41) is 3.53. The van der Waals surface area contributed by atoms with Gasteiger partial charge in [-0.05, 0) is 56.9 Å². The minimum Gasteiger partial charge on any atom is -0.377 e. The number of hydrogen-bond donors (Lipinski definition) is 1. The van der Waals surface area contributed by atoms with Crippen molar-refractivity contribution in [1.29, 1.82) is 0 Å². The van der Waals surface area contributed by atoms with Crippen LogP contribution in [0.4, 0.5) is 0 Å². The van der Waals surface area contributed by atoms with Gasteiger partial charge < -0.3 is 10.1 Å². The summed E-state index contributed by atoms with van der Waals surface area (Å²) in [7, 11) is 4.01. The molecule has 2 heteroatoms. The van der Waals surface area contributed by atoms with E-state index in [1.165, 1.54) is 38.5 Å². The summed E-state index contributed by atoms with van der Waals surface area (Å²) in [6, 6.07) is 0.577. The van der Waals surface area contributed by atoms with E-state index in [1.54, 1.807) is 0 Å². The van der Waals surface area contributed by atoms with Gasteiger partial charge in [-0.1, -0.05) is 13.8 Å². The van der Waals surface area contributed by atoms with Gasteiger partial charge in [0.25, 0.3) is 0 Å². The van der Waals surface area contributed by atoms with Gasteiger partial charge in [0.15, 0.2) is 0 Å². The van der Waals surface area contributed by atoms with Crippen LogP contribution in [0.3, 0.4) is 0 Å². The Balaban J connectivity index is 2.07. The third-order valence-corrected chi connectivity index (χ3v) is 4.83. The summed E-state index contributed by atoms with van der Waals surface area (Å²) in [6.45, 7) is 4.77. The number of nitrogens with one attached hydrogen (secondary N) is 1. The molecule has 2 fully saturated rings. The van der Waals surface area contributed by atoms with E-state index in [1.807, 2.05) is 7.11 Å². The Bertz CT molecular complexity index is 235. The largest absolute Gasteiger partial charge is 0.377 e. The van der Waals surface area contributed by atoms with Gasteiger partial charge in [0.1, 0.15) is 0 Å². The van der Waals surface area contributed by atoms with Crippen LogP contribution in [0.15, 0.2) is 0 Å².